The number of likely N-dealkylation sites (N-methyl/N-ethyl adjacent to an activating group) is 1. The molecule has 7 heteroatoms. The number of imide groups is 1. The summed E-state index contributed by atoms with van der Waals surface area (Å²) in [7, 11) is 0. The molecule has 0 radical (unpaired) electrons. The van der Waals surface area contributed by atoms with Crippen molar-refractivity contribution in [3.05, 3.63) is 65.5 Å². The zero-order chi connectivity index (χ0) is 17.8. The molecule has 1 unspecified atom stereocenters. The van der Waals surface area contributed by atoms with Gasteiger partial charge < -0.3 is 4.74 Å². The maximum Gasteiger partial charge on any atom is 0.341 e. The van der Waals surface area contributed by atoms with E-state index in [1.54, 1.807) is 25.1 Å². The van der Waals surface area contributed by atoms with E-state index >= 15 is 0 Å². The van der Waals surface area contributed by atoms with E-state index < -0.39 is 29.4 Å². The van der Waals surface area contributed by atoms with Crippen LogP contribution in [0.1, 0.15) is 22.8 Å². The van der Waals surface area contributed by atoms with Gasteiger partial charge in [-0.1, -0.05) is 30.3 Å². The van der Waals surface area contributed by atoms with E-state index in [0.29, 0.717) is 5.56 Å². The van der Waals surface area contributed by atoms with Gasteiger partial charge in [-0.3, -0.25) is 9.69 Å². The highest BCUT2D eigenvalue weighted by atomic mass is 19.1. The average Bonchev–Trinajstić information content (AvgIpc) is 3.02. The number of para-hydroxylation sites is 1. The van der Waals surface area contributed by atoms with Gasteiger partial charge in [0.25, 0.3) is 5.72 Å². The first-order chi connectivity index (χ1) is 12.0. The highest BCUT2D eigenvalue weighted by Crippen LogP contribution is 2.46. The van der Waals surface area contributed by atoms with Gasteiger partial charge in [-0.25, -0.2) is 18.9 Å². The molecule has 0 saturated carbocycles. The zero-order valence-electron chi connectivity index (χ0n) is 13.2. The molecule has 25 heavy (non-hydrogen) atoms. The maximum atomic E-state index is 14.2. The van der Waals surface area contributed by atoms with Gasteiger partial charge in [-0.05, 0) is 25.1 Å². The smallest absolute Gasteiger partial charge is 0.341 e. The lowest BCUT2D eigenvalue weighted by atomic mass is 9.98. The number of hydrogen-bond acceptors (Lipinski definition) is 4. The third-order valence-electron chi connectivity index (χ3n) is 4.46. The van der Waals surface area contributed by atoms with E-state index in [-0.39, 0.29) is 17.8 Å². The number of carbonyl (C=O) groups excluding carboxylic acids is 3. The summed E-state index contributed by atoms with van der Waals surface area (Å²) in [5, 5.41) is 0. The van der Waals surface area contributed by atoms with Crippen molar-refractivity contribution in [3.8, 4) is 0 Å². The molecule has 0 bridgehead atoms. The average molecular weight is 340 g/mol. The molecule has 4 rings (SSSR count). The van der Waals surface area contributed by atoms with E-state index in [4.69, 9.17) is 4.74 Å². The van der Waals surface area contributed by atoms with E-state index in [0.717, 1.165) is 15.9 Å². The molecule has 2 heterocycles. The molecule has 126 valence electrons. The standard InChI is InChI=1S/C18H13FN2O4/c1-2-20-17(24)21(14-10-6-5-9-13(14)19)16(23)18(20)12-8-4-3-7-11(12)15(22)25-18/h3-10H,2H2,1H3. The van der Waals surface area contributed by atoms with Crippen LogP contribution >= 0.6 is 0 Å². The predicted octanol–water partition coefficient (Wildman–Crippen LogP) is 2.64. The Morgan fingerprint density at radius 3 is 2.44 bits per heavy atom. The summed E-state index contributed by atoms with van der Waals surface area (Å²) >= 11 is 0. The number of carbonyl (C=O) groups is 3. The van der Waals surface area contributed by atoms with E-state index in [1.807, 2.05) is 0 Å². The summed E-state index contributed by atoms with van der Waals surface area (Å²) in [5.74, 6) is -2.21. The first-order valence-corrected chi connectivity index (χ1v) is 7.76. The number of nitrogens with zero attached hydrogens (tertiary/aromatic N) is 2. The number of fused-ring (bicyclic) bond motifs is 2. The minimum atomic E-state index is -1.89. The highest BCUT2D eigenvalue weighted by Gasteiger charge is 2.65. The molecule has 1 spiro atoms. The van der Waals surface area contributed by atoms with Crippen LogP contribution in [0.25, 0.3) is 0 Å². The van der Waals surface area contributed by atoms with Crippen molar-refractivity contribution in [1.82, 2.24) is 4.90 Å². The Labute approximate surface area is 142 Å². The number of amides is 3. The number of urea groups is 1. The van der Waals surface area contributed by atoms with Crippen LogP contribution < -0.4 is 4.90 Å². The summed E-state index contributed by atoms with van der Waals surface area (Å²) < 4.78 is 19.6. The Morgan fingerprint density at radius 1 is 1.04 bits per heavy atom. The summed E-state index contributed by atoms with van der Waals surface area (Å²) in [5.41, 5.74) is -1.55. The molecule has 2 aromatic carbocycles. The number of halogens is 1. The van der Waals surface area contributed by atoms with Crippen molar-refractivity contribution >= 4 is 23.6 Å². The van der Waals surface area contributed by atoms with Gasteiger partial charge in [0.2, 0.25) is 0 Å². The Kier molecular flexibility index (Phi) is 3.15. The van der Waals surface area contributed by atoms with Crippen molar-refractivity contribution < 1.29 is 23.5 Å². The van der Waals surface area contributed by atoms with Crippen LogP contribution in [0.2, 0.25) is 0 Å². The maximum absolute atomic E-state index is 14.2. The molecular formula is C18H13FN2O4. The summed E-state index contributed by atoms with van der Waals surface area (Å²) in [6.07, 6.45) is 0. The molecule has 0 N–H and O–H groups in total. The first kappa shape index (κ1) is 15.3. The molecule has 2 aromatic rings. The SMILES string of the molecule is CCN1C(=O)N(c2ccccc2F)C(=O)C12OC(=O)c1ccccc12. The zero-order valence-corrected chi connectivity index (χ0v) is 13.2. The summed E-state index contributed by atoms with van der Waals surface area (Å²) in [6.45, 7) is 1.77. The van der Waals surface area contributed by atoms with Crippen molar-refractivity contribution in [2.24, 2.45) is 0 Å². The Balaban J connectivity index is 1.94. The van der Waals surface area contributed by atoms with Crippen LogP contribution in [0, 0.1) is 5.82 Å². The molecule has 1 atom stereocenters. The van der Waals surface area contributed by atoms with Gasteiger partial charge in [0, 0.05) is 12.1 Å². The van der Waals surface area contributed by atoms with Gasteiger partial charge in [-0.15, -0.1) is 0 Å². The fourth-order valence-corrected chi connectivity index (χ4v) is 3.37. The van der Waals surface area contributed by atoms with Crippen LogP contribution in [0.5, 0.6) is 0 Å². The van der Waals surface area contributed by atoms with Crippen molar-refractivity contribution in [1.29, 1.82) is 0 Å². The van der Waals surface area contributed by atoms with Crippen molar-refractivity contribution in [2.75, 3.05) is 11.4 Å². The lowest BCUT2D eigenvalue weighted by Gasteiger charge is -2.29. The van der Waals surface area contributed by atoms with Crippen LogP contribution in [0.4, 0.5) is 14.9 Å². The minimum absolute atomic E-state index is 0.108. The Bertz CT molecular complexity index is 929. The van der Waals surface area contributed by atoms with Crippen molar-refractivity contribution in [2.45, 2.75) is 12.6 Å². The Hall–Kier alpha value is -3.22. The van der Waals surface area contributed by atoms with Gasteiger partial charge in [0.15, 0.2) is 0 Å². The fourth-order valence-electron chi connectivity index (χ4n) is 3.37. The van der Waals surface area contributed by atoms with Crippen LogP contribution in [0.3, 0.4) is 0 Å². The number of ether oxygens (including phenoxy) is 1. The van der Waals surface area contributed by atoms with Crippen LogP contribution in [-0.2, 0) is 15.3 Å². The quantitative estimate of drug-likeness (QED) is 0.623. The van der Waals surface area contributed by atoms with Gasteiger partial charge in [-0.2, -0.15) is 0 Å². The topological polar surface area (TPSA) is 66.9 Å². The molecule has 0 aromatic heterocycles. The normalized spacial score (nSPS) is 21.9. The number of rotatable bonds is 2. The molecule has 3 amide bonds. The first-order valence-electron chi connectivity index (χ1n) is 7.76. The second kappa shape index (κ2) is 5.14. The number of esters is 1. The number of hydrogen-bond donors (Lipinski definition) is 0. The monoisotopic (exact) mass is 340 g/mol. The third kappa shape index (κ3) is 1.80. The summed E-state index contributed by atoms with van der Waals surface area (Å²) in [4.78, 5) is 40.2. The molecule has 0 aliphatic carbocycles. The highest BCUT2D eigenvalue weighted by molar-refractivity contribution is 6.24. The molecule has 1 saturated heterocycles. The summed E-state index contributed by atoms with van der Waals surface area (Å²) in [6, 6.07) is 11.1. The lowest BCUT2D eigenvalue weighted by molar-refractivity contribution is -0.147. The second-order valence-electron chi connectivity index (χ2n) is 5.70. The van der Waals surface area contributed by atoms with E-state index in [1.165, 1.54) is 24.3 Å². The molecule has 2 aliphatic rings. The molecule has 2 aliphatic heterocycles. The van der Waals surface area contributed by atoms with Gasteiger partial charge >= 0.3 is 17.9 Å². The molecule has 1 fully saturated rings. The van der Waals surface area contributed by atoms with E-state index in [9.17, 15) is 18.8 Å². The number of anilines is 1. The van der Waals surface area contributed by atoms with E-state index in [2.05, 4.69) is 0 Å². The number of benzene rings is 2. The van der Waals surface area contributed by atoms with Crippen LogP contribution in [-0.4, -0.2) is 29.4 Å². The second-order valence-corrected chi connectivity index (χ2v) is 5.70. The lowest BCUT2D eigenvalue weighted by Crippen LogP contribution is -2.47. The van der Waals surface area contributed by atoms with Gasteiger partial charge in [0.1, 0.15) is 5.82 Å². The molecule has 6 nitrogen and oxygen atoms in total. The predicted molar refractivity (Wildman–Crippen MR) is 85.2 cm³/mol. The van der Waals surface area contributed by atoms with Gasteiger partial charge in [0.05, 0.1) is 11.3 Å². The third-order valence-corrected chi connectivity index (χ3v) is 4.46. The van der Waals surface area contributed by atoms with Crippen molar-refractivity contribution in [3.63, 3.8) is 0 Å². The van der Waals surface area contributed by atoms with Crippen LogP contribution in [0.15, 0.2) is 48.5 Å². The minimum Gasteiger partial charge on any atom is -0.421 e. The fraction of sp³-hybridized carbons (Fsp3) is 0.167. The Morgan fingerprint density at radius 2 is 1.72 bits per heavy atom. The molecular weight excluding hydrogens is 327 g/mol. The largest absolute Gasteiger partial charge is 0.421 e.